The Morgan fingerprint density at radius 2 is 1.77 bits per heavy atom. The van der Waals surface area contributed by atoms with Crippen molar-refractivity contribution in [3.05, 3.63) is 0 Å². The highest BCUT2D eigenvalue weighted by Gasteiger charge is 2.16. The number of nitrogens with zero attached hydrogens (tertiary/aromatic N) is 1. The van der Waals surface area contributed by atoms with Crippen molar-refractivity contribution in [2.24, 2.45) is 11.7 Å². The molecule has 1 amide bonds. The molecule has 0 aliphatic rings. The van der Waals surface area contributed by atoms with Gasteiger partial charge in [0.1, 0.15) is 0 Å². The molecule has 3 nitrogen and oxygen atoms in total. The fourth-order valence-electron chi connectivity index (χ4n) is 1.14. The summed E-state index contributed by atoms with van der Waals surface area (Å²) in [7, 11) is 0. The van der Waals surface area contributed by atoms with E-state index in [1.807, 2.05) is 32.6 Å². The van der Waals surface area contributed by atoms with Gasteiger partial charge in [-0.3, -0.25) is 4.79 Å². The number of carbonyl (C=O) groups excluding carboxylic acids is 1. The molecule has 0 aromatic carbocycles. The number of nitrogens with two attached hydrogens (primary N) is 1. The topological polar surface area (TPSA) is 46.3 Å². The second-order valence-electron chi connectivity index (χ2n) is 3.68. The van der Waals surface area contributed by atoms with Crippen LogP contribution >= 0.6 is 0 Å². The lowest BCUT2D eigenvalue weighted by molar-refractivity contribution is -0.131. The maximum absolute atomic E-state index is 11.6. The fourth-order valence-corrected chi connectivity index (χ4v) is 1.14. The van der Waals surface area contributed by atoms with E-state index in [4.69, 9.17) is 5.73 Å². The minimum atomic E-state index is -0.00639. The average Bonchev–Trinajstić information content (AvgIpc) is 2.06. The Morgan fingerprint density at radius 3 is 2.08 bits per heavy atom. The van der Waals surface area contributed by atoms with Gasteiger partial charge in [-0.05, 0) is 19.8 Å². The highest BCUT2D eigenvalue weighted by atomic mass is 16.2. The molecule has 0 bridgehead atoms. The van der Waals surface area contributed by atoms with Crippen molar-refractivity contribution in [3.8, 4) is 0 Å². The number of hydrogen-bond acceptors (Lipinski definition) is 2. The molecule has 0 rings (SSSR count). The van der Waals surface area contributed by atoms with Crippen LogP contribution in [0, 0.1) is 5.92 Å². The lowest BCUT2D eigenvalue weighted by Gasteiger charge is -2.22. The zero-order chi connectivity index (χ0) is 10.4. The third-order valence-electron chi connectivity index (χ3n) is 2.38. The van der Waals surface area contributed by atoms with Crippen LogP contribution in [0.2, 0.25) is 0 Å². The molecule has 0 heterocycles. The predicted molar refractivity (Wildman–Crippen MR) is 55.4 cm³/mol. The monoisotopic (exact) mass is 186 g/mol. The Labute approximate surface area is 81.3 Å². The van der Waals surface area contributed by atoms with Gasteiger partial charge in [0.15, 0.2) is 0 Å². The van der Waals surface area contributed by atoms with Crippen LogP contribution in [0.25, 0.3) is 0 Å². The molecule has 0 fully saturated rings. The molecule has 0 saturated heterocycles. The van der Waals surface area contributed by atoms with E-state index in [2.05, 4.69) is 0 Å². The molecule has 0 unspecified atom stereocenters. The Bertz CT molecular complexity index is 153. The zero-order valence-corrected chi connectivity index (χ0v) is 9.21. The maximum atomic E-state index is 11.6. The molecule has 0 aromatic heterocycles. The average molecular weight is 186 g/mol. The molecule has 0 aromatic rings. The molecule has 0 saturated carbocycles. The van der Waals surface area contributed by atoms with Gasteiger partial charge >= 0.3 is 0 Å². The Hall–Kier alpha value is -0.570. The summed E-state index contributed by atoms with van der Waals surface area (Å²) in [5.74, 6) is 0.547. The van der Waals surface area contributed by atoms with E-state index in [0.29, 0.717) is 12.3 Å². The van der Waals surface area contributed by atoms with Crippen molar-refractivity contribution >= 4 is 5.91 Å². The molecule has 2 N–H and O–H groups in total. The first-order valence-electron chi connectivity index (χ1n) is 5.06. The highest BCUT2D eigenvalue weighted by Crippen LogP contribution is 2.05. The van der Waals surface area contributed by atoms with Gasteiger partial charge < -0.3 is 10.6 Å². The van der Waals surface area contributed by atoms with Crippen molar-refractivity contribution in [3.63, 3.8) is 0 Å². The van der Waals surface area contributed by atoms with Gasteiger partial charge in [0, 0.05) is 25.6 Å². The van der Waals surface area contributed by atoms with Gasteiger partial charge in [0.05, 0.1) is 0 Å². The molecule has 78 valence electrons. The van der Waals surface area contributed by atoms with E-state index in [9.17, 15) is 4.79 Å². The largest absolute Gasteiger partial charge is 0.343 e. The molecule has 0 aliphatic carbocycles. The smallest absolute Gasteiger partial charge is 0.224 e. The molecule has 13 heavy (non-hydrogen) atoms. The Morgan fingerprint density at radius 1 is 1.31 bits per heavy atom. The lowest BCUT2D eigenvalue weighted by atomic mass is 10.0. The molecule has 1 atom stereocenters. The van der Waals surface area contributed by atoms with Crippen molar-refractivity contribution in [2.45, 2.75) is 40.2 Å². The van der Waals surface area contributed by atoms with E-state index in [-0.39, 0.29) is 11.9 Å². The molecule has 3 heteroatoms. The summed E-state index contributed by atoms with van der Waals surface area (Å²) in [6, 6.07) is -0.00639. The Balaban J connectivity index is 3.98. The predicted octanol–water partition coefficient (Wildman–Crippen LogP) is 1.23. The maximum Gasteiger partial charge on any atom is 0.224 e. The summed E-state index contributed by atoms with van der Waals surface area (Å²) >= 11 is 0. The molecule has 0 radical (unpaired) electrons. The molecule has 0 spiro atoms. The lowest BCUT2D eigenvalue weighted by Crippen LogP contribution is -2.37. The van der Waals surface area contributed by atoms with E-state index < -0.39 is 0 Å². The SMILES string of the molecule is CCN(CC)C(=O)C[C@H](N)C(C)C. The first-order valence-corrected chi connectivity index (χ1v) is 5.06. The standard InChI is InChI=1S/C10H22N2O/c1-5-12(6-2)10(13)7-9(11)8(3)4/h8-9H,5-7,11H2,1-4H3/t9-/m0/s1. The number of carbonyl (C=O) groups is 1. The first kappa shape index (κ1) is 12.4. The fraction of sp³-hybridized carbons (Fsp3) is 0.900. The zero-order valence-electron chi connectivity index (χ0n) is 9.21. The summed E-state index contributed by atoms with van der Waals surface area (Å²) in [5, 5.41) is 0. The van der Waals surface area contributed by atoms with Gasteiger partial charge in [-0.1, -0.05) is 13.8 Å². The van der Waals surface area contributed by atoms with E-state index in [0.717, 1.165) is 13.1 Å². The molecular formula is C10H22N2O. The van der Waals surface area contributed by atoms with Crippen molar-refractivity contribution in [1.82, 2.24) is 4.90 Å². The van der Waals surface area contributed by atoms with Gasteiger partial charge in [-0.2, -0.15) is 0 Å². The summed E-state index contributed by atoms with van der Waals surface area (Å²) in [5.41, 5.74) is 5.82. The van der Waals surface area contributed by atoms with Gasteiger partial charge in [-0.25, -0.2) is 0 Å². The van der Waals surface area contributed by atoms with E-state index in [1.165, 1.54) is 0 Å². The van der Waals surface area contributed by atoms with E-state index in [1.54, 1.807) is 0 Å². The third-order valence-corrected chi connectivity index (χ3v) is 2.38. The van der Waals surface area contributed by atoms with Crippen LogP contribution in [0.1, 0.15) is 34.1 Å². The molecular weight excluding hydrogens is 164 g/mol. The first-order chi connectivity index (χ1) is 6.02. The van der Waals surface area contributed by atoms with Crippen LogP contribution in [0.4, 0.5) is 0 Å². The highest BCUT2D eigenvalue weighted by molar-refractivity contribution is 5.76. The minimum Gasteiger partial charge on any atom is -0.343 e. The van der Waals surface area contributed by atoms with Crippen LogP contribution in [-0.2, 0) is 4.79 Å². The summed E-state index contributed by atoms with van der Waals surface area (Å²) in [4.78, 5) is 13.4. The summed E-state index contributed by atoms with van der Waals surface area (Å²) < 4.78 is 0. The van der Waals surface area contributed by atoms with Crippen LogP contribution in [0.5, 0.6) is 0 Å². The van der Waals surface area contributed by atoms with Crippen LogP contribution < -0.4 is 5.73 Å². The third kappa shape index (κ3) is 4.27. The quantitative estimate of drug-likeness (QED) is 0.702. The number of amides is 1. The van der Waals surface area contributed by atoms with E-state index >= 15 is 0 Å². The van der Waals surface area contributed by atoms with Gasteiger partial charge in [0.2, 0.25) is 5.91 Å². The van der Waals surface area contributed by atoms with Crippen LogP contribution in [0.3, 0.4) is 0 Å². The number of rotatable bonds is 5. The summed E-state index contributed by atoms with van der Waals surface area (Å²) in [6.45, 7) is 9.62. The minimum absolute atomic E-state index is 0.00639. The van der Waals surface area contributed by atoms with Crippen molar-refractivity contribution in [1.29, 1.82) is 0 Å². The van der Waals surface area contributed by atoms with Crippen LogP contribution in [0.15, 0.2) is 0 Å². The van der Waals surface area contributed by atoms with Crippen molar-refractivity contribution < 1.29 is 4.79 Å². The van der Waals surface area contributed by atoms with Crippen molar-refractivity contribution in [2.75, 3.05) is 13.1 Å². The summed E-state index contributed by atoms with van der Waals surface area (Å²) in [6.07, 6.45) is 0.472. The molecule has 0 aliphatic heterocycles. The van der Waals surface area contributed by atoms with Gasteiger partial charge in [-0.15, -0.1) is 0 Å². The van der Waals surface area contributed by atoms with Gasteiger partial charge in [0.25, 0.3) is 0 Å². The second kappa shape index (κ2) is 5.97. The van der Waals surface area contributed by atoms with Crippen LogP contribution in [-0.4, -0.2) is 29.9 Å². The number of hydrogen-bond donors (Lipinski definition) is 1. The normalized spacial score (nSPS) is 13.1. The second-order valence-corrected chi connectivity index (χ2v) is 3.68. The Kier molecular flexibility index (Phi) is 5.71.